The fourth-order valence-corrected chi connectivity index (χ4v) is 7.00. The predicted molar refractivity (Wildman–Crippen MR) is 157 cm³/mol. The van der Waals surface area contributed by atoms with Crippen LogP contribution in [-0.4, -0.2) is 47.6 Å². The molecule has 1 saturated heterocycles. The lowest BCUT2D eigenvalue weighted by molar-refractivity contribution is -0.122. The summed E-state index contributed by atoms with van der Waals surface area (Å²) in [6, 6.07) is 23.6. The average molecular weight is 558 g/mol. The second kappa shape index (κ2) is 9.69. The van der Waals surface area contributed by atoms with E-state index in [-0.39, 0.29) is 28.7 Å². The molecular formula is C34H27N3O5. The van der Waals surface area contributed by atoms with Crippen molar-refractivity contribution >= 4 is 29.2 Å². The van der Waals surface area contributed by atoms with Crippen LogP contribution in [0.25, 0.3) is 6.08 Å². The van der Waals surface area contributed by atoms with Gasteiger partial charge in [0.25, 0.3) is 0 Å². The lowest BCUT2D eigenvalue weighted by Crippen LogP contribution is -2.49. The third kappa shape index (κ3) is 3.48. The molecule has 0 bridgehead atoms. The smallest absolute Gasteiger partial charge is 0.238 e. The van der Waals surface area contributed by atoms with Gasteiger partial charge in [-0.1, -0.05) is 48.5 Å². The second-order valence-electron chi connectivity index (χ2n) is 10.6. The van der Waals surface area contributed by atoms with Gasteiger partial charge in [0.05, 0.1) is 31.7 Å². The van der Waals surface area contributed by atoms with Gasteiger partial charge in [-0.25, -0.2) is 0 Å². The number of aromatic nitrogens is 1. The molecule has 1 fully saturated rings. The number of carbonyl (C=O) groups is 3. The number of para-hydroxylation sites is 1. The van der Waals surface area contributed by atoms with E-state index in [4.69, 9.17) is 9.47 Å². The molecule has 3 aliphatic heterocycles. The van der Waals surface area contributed by atoms with Crippen LogP contribution in [0.15, 0.2) is 97.3 Å². The third-order valence-electron chi connectivity index (χ3n) is 8.71. The van der Waals surface area contributed by atoms with Crippen molar-refractivity contribution < 1.29 is 23.9 Å². The van der Waals surface area contributed by atoms with E-state index in [0.717, 1.165) is 11.1 Å². The normalized spacial score (nSPS) is 23.1. The molecule has 42 heavy (non-hydrogen) atoms. The van der Waals surface area contributed by atoms with Crippen molar-refractivity contribution in [3.8, 4) is 11.5 Å². The molecule has 1 spiro atoms. The molecule has 0 saturated carbocycles. The number of nitrogens with one attached hydrogen (secondary N) is 1. The average Bonchev–Trinajstić information content (AvgIpc) is 3.52. The number of ether oxygens (including phenoxy) is 2. The summed E-state index contributed by atoms with van der Waals surface area (Å²) in [5.74, 6) is -1.31. The van der Waals surface area contributed by atoms with Gasteiger partial charge in [0.15, 0.2) is 11.6 Å². The Morgan fingerprint density at radius 1 is 0.905 bits per heavy atom. The third-order valence-corrected chi connectivity index (χ3v) is 8.71. The van der Waals surface area contributed by atoms with Gasteiger partial charge in [-0.2, -0.15) is 0 Å². The van der Waals surface area contributed by atoms with Crippen LogP contribution in [-0.2, 0) is 10.2 Å². The number of ketones is 2. The van der Waals surface area contributed by atoms with Crippen LogP contribution in [0.4, 0.5) is 5.69 Å². The molecule has 208 valence electrons. The molecule has 3 aliphatic rings. The lowest BCUT2D eigenvalue weighted by Gasteiger charge is -2.38. The molecule has 8 heteroatoms. The summed E-state index contributed by atoms with van der Waals surface area (Å²) in [6.45, 7) is 0. The number of fused-ring (bicyclic) bond motifs is 6. The second-order valence-corrected chi connectivity index (χ2v) is 10.6. The number of nitrogens with zero attached hydrogens (tertiary/aromatic N) is 2. The molecule has 4 aromatic rings. The van der Waals surface area contributed by atoms with Crippen molar-refractivity contribution in [1.82, 2.24) is 9.88 Å². The maximum atomic E-state index is 14.8. The van der Waals surface area contributed by atoms with E-state index >= 15 is 0 Å². The van der Waals surface area contributed by atoms with Crippen LogP contribution in [0.2, 0.25) is 0 Å². The van der Waals surface area contributed by atoms with E-state index in [9.17, 15) is 14.4 Å². The van der Waals surface area contributed by atoms with Crippen molar-refractivity contribution in [2.75, 3.05) is 19.5 Å². The summed E-state index contributed by atoms with van der Waals surface area (Å²) in [5, 5.41) is 3.05. The molecule has 4 atom stereocenters. The number of carbonyl (C=O) groups excluding carboxylic acids is 3. The Balaban J connectivity index is 1.53. The highest BCUT2D eigenvalue weighted by Gasteiger charge is 2.71. The van der Waals surface area contributed by atoms with Gasteiger partial charge in [0, 0.05) is 24.2 Å². The summed E-state index contributed by atoms with van der Waals surface area (Å²) in [5.41, 5.74) is 2.15. The molecule has 3 aromatic carbocycles. The summed E-state index contributed by atoms with van der Waals surface area (Å²) < 4.78 is 11.0. The van der Waals surface area contributed by atoms with Gasteiger partial charge in [0.1, 0.15) is 28.6 Å². The summed E-state index contributed by atoms with van der Waals surface area (Å²) >= 11 is 0. The maximum absolute atomic E-state index is 14.8. The molecular weight excluding hydrogens is 530 g/mol. The molecule has 1 aromatic heterocycles. The van der Waals surface area contributed by atoms with Crippen molar-refractivity contribution in [2.45, 2.75) is 17.5 Å². The predicted octanol–water partition coefficient (Wildman–Crippen LogP) is 5.08. The first-order valence-corrected chi connectivity index (χ1v) is 13.7. The van der Waals surface area contributed by atoms with Gasteiger partial charge in [-0.15, -0.1) is 0 Å². The number of pyridine rings is 1. The standard InChI is InChI=1S/C34H27N3O5/c1-41-21-14-15-23(27(19-21)42-2)30(38)29-28(31(39)26-13-7-8-17-35-26)34(24-11-5-6-12-25(24)36-33(34)40)32-22-10-4-3-9-20(22)16-18-37(29)32/h3-19,28-29,32H,1-2H3,(H,36,40)/t28-,29+,32+,34-/m1/s1. The fraction of sp³-hybridized carbons (Fsp3) is 0.176. The van der Waals surface area contributed by atoms with E-state index < -0.39 is 23.4 Å². The summed E-state index contributed by atoms with van der Waals surface area (Å²) in [4.78, 5) is 50.3. The van der Waals surface area contributed by atoms with Gasteiger partial charge in [-0.05, 0) is 53.1 Å². The van der Waals surface area contributed by atoms with E-state index in [1.54, 1.807) is 42.6 Å². The number of benzene rings is 3. The molecule has 7 rings (SSSR count). The Hall–Kier alpha value is -5.24. The Labute approximate surface area is 242 Å². The topological polar surface area (TPSA) is 97.8 Å². The number of hydrogen-bond acceptors (Lipinski definition) is 7. The van der Waals surface area contributed by atoms with Crippen LogP contribution < -0.4 is 14.8 Å². The largest absolute Gasteiger partial charge is 0.497 e. The fourth-order valence-electron chi connectivity index (χ4n) is 7.00. The quantitative estimate of drug-likeness (QED) is 0.330. The number of anilines is 1. The van der Waals surface area contributed by atoms with E-state index in [0.29, 0.717) is 22.7 Å². The Bertz CT molecular complexity index is 1790. The molecule has 0 unspecified atom stereocenters. The molecule has 8 nitrogen and oxygen atoms in total. The van der Waals surface area contributed by atoms with E-state index in [1.807, 2.05) is 65.7 Å². The van der Waals surface area contributed by atoms with E-state index in [1.165, 1.54) is 14.2 Å². The minimum atomic E-state index is -1.42. The van der Waals surface area contributed by atoms with Crippen molar-refractivity contribution in [1.29, 1.82) is 0 Å². The first kappa shape index (κ1) is 25.7. The van der Waals surface area contributed by atoms with Gasteiger partial charge in [-0.3, -0.25) is 19.4 Å². The van der Waals surface area contributed by atoms with Crippen molar-refractivity contribution in [3.05, 3.63) is 125 Å². The summed E-state index contributed by atoms with van der Waals surface area (Å²) in [6.07, 6.45) is 5.31. The highest BCUT2D eigenvalue weighted by Crippen LogP contribution is 2.62. The first-order valence-electron chi connectivity index (χ1n) is 13.7. The zero-order valence-corrected chi connectivity index (χ0v) is 23.0. The van der Waals surface area contributed by atoms with E-state index in [2.05, 4.69) is 10.3 Å². The van der Waals surface area contributed by atoms with Crippen molar-refractivity contribution in [2.24, 2.45) is 5.92 Å². The minimum absolute atomic E-state index is 0.190. The molecule has 0 radical (unpaired) electrons. The molecule has 4 heterocycles. The number of methoxy groups -OCH3 is 2. The Morgan fingerprint density at radius 2 is 1.69 bits per heavy atom. The number of rotatable bonds is 6. The van der Waals surface area contributed by atoms with Crippen molar-refractivity contribution in [3.63, 3.8) is 0 Å². The summed E-state index contributed by atoms with van der Waals surface area (Å²) in [7, 11) is 3.02. The van der Waals surface area contributed by atoms with Crippen LogP contribution in [0, 0.1) is 5.92 Å². The van der Waals surface area contributed by atoms with Crippen LogP contribution in [0.5, 0.6) is 11.5 Å². The van der Waals surface area contributed by atoms with Gasteiger partial charge in [0.2, 0.25) is 5.91 Å². The van der Waals surface area contributed by atoms with Crippen LogP contribution in [0.3, 0.4) is 0 Å². The zero-order valence-electron chi connectivity index (χ0n) is 23.0. The highest BCUT2D eigenvalue weighted by molar-refractivity contribution is 6.16. The first-order chi connectivity index (χ1) is 20.5. The molecule has 1 N–H and O–H groups in total. The zero-order chi connectivity index (χ0) is 29.0. The maximum Gasteiger partial charge on any atom is 0.238 e. The van der Waals surface area contributed by atoms with Crippen LogP contribution >= 0.6 is 0 Å². The number of Topliss-reactive ketones (excluding diaryl/α,β-unsaturated/α-hetero) is 2. The van der Waals surface area contributed by atoms with Gasteiger partial charge >= 0.3 is 0 Å². The Kier molecular flexibility index (Phi) is 5.93. The SMILES string of the molecule is COc1ccc(C(=O)[C@@H]2[C@H](C(=O)c3ccccn3)[C@@]3(C(=O)Nc4ccccc43)[C@@H]3c4ccccc4C=CN23)c(OC)c1. The highest BCUT2D eigenvalue weighted by atomic mass is 16.5. The number of amides is 1. The Morgan fingerprint density at radius 3 is 2.48 bits per heavy atom. The van der Waals surface area contributed by atoms with Gasteiger partial charge < -0.3 is 19.7 Å². The number of hydrogen-bond donors (Lipinski definition) is 1. The lowest BCUT2D eigenvalue weighted by atomic mass is 9.63. The van der Waals surface area contributed by atoms with Crippen LogP contribution in [0.1, 0.15) is 43.6 Å². The molecule has 0 aliphatic carbocycles. The molecule has 1 amide bonds. The minimum Gasteiger partial charge on any atom is -0.497 e. The monoisotopic (exact) mass is 557 g/mol.